The third-order valence-electron chi connectivity index (χ3n) is 4.27. The summed E-state index contributed by atoms with van der Waals surface area (Å²) >= 11 is 1.50. The van der Waals surface area contributed by atoms with Gasteiger partial charge in [-0.15, -0.1) is 0 Å². The minimum atomic E-state index is -1.45. The van der Waals surface area contributed by atoms with Crippen molar-refractivity contribution in [3.05, 3.63) is 0 Å². The van der Waals surface area contributed by atoms with Crippen LogP contribution in [0.5, 0.6) is 0 Å². The molecule has 0 spiro atoms. The number of aliphatic hydroxyl groups excluding tert-OH is 3. The Bertz CT molecular complexity index is 287. The van der Waals surface area contributed by atoms with E-state index in [1.807, 2.05) is 0 Å². The normalized spacial score (nSPS) is 13.8. The first kappa shape index (κ1) is 23.9. The van der Waals surface area contributed by atoms with Crippen LogP contribution in [-0.4, -0.2) is 51.4 Å². The summed E-state index contributed by atoms with van der Waals surface area (Å²) in [5.41, 5.74) is 0. The van der Waals surface area contributed by atoms with Gasteiger partial charge in [0.15, 0.2) is 5.78 Å². The van der Waals surface area contributed by atoms with E-state index in [4.69, 9.17) is 5.11 Å². The number of aliphatic hydroxyl groups is 3. The van der Waals surface area contributed by atoms with Gasteiger partial charge in [-0.2, -0.15) is 11.8 Å². The van der Waals surface area contributed by atoms with Gasteiger partial charge in [-0.05, 0) is 12.2 Å². The Morgan fingerprint density at radius 2 is 1.29 bits per heavy atom. The van der Waals surface area contributed by atoms with E-state index < -0.39 is 24.6 Å². The van der Waals surface area contributed by atoms with E-state index in [0.29, 0.717) is 0 Å². The van der Waals surface area contributed by atoms with Crippen LogP contribution in [0, 0.1) is 0 Å². The van der Waals surface area contributed by atoms with Gasteiger partial charge in [0.2, 0.25) is 0 Å². The third kappa shape index (κ3) is 14.3. The van der Waals surface area contributed by atoms with Gasteiger partial charge in [0.25, 0.3) is 0 Å². The first-order chi connectivity index (χ1) is 11.6. The molecule has 5 heteroatoms. The number of hydrogen-bond acceptors (Lipinski definition) is 5. The molecule has 4 nitrogen and oxygen atoms in total. The summed E-state index contributed by atoms with van der Waals surface area (Å²) in [5.74, 6) is 0.710. The maximum Gasteiger partial charge on any atom is 0.173 e. The lowest BCUT2D eigenvalue weighted by atomic mass is 10.1. The van der Waals surface area contributed by atoms with E-state index in [1.165, 1.54) is 82.4 Å². The zero-order chi connectivity index (χ0) is 18.0. The SMILES string of the molecule is CCCCCCCCCCCCCCSCC(=O)C(O)C(O)CO. The highest BCUT2D eigenvalue weighted by Gasteiger charge is 2.22. The van der Waals surface area contributed by atoms with Crippen molar-refractivity contribution in [2.75, 3.05) is 18.1 Å². The summed E-state index contributed by atoms with van der Waals surface area (Å²) in [5, 5.41) is 27.3. The summed E-state index contributed by atoms with van der Waals surface area (Å²) in [6, 6.07) is 0. The van der Waals surface area contributed by atoms with Crippen molar-refractivity contribution in [2.45, 2.75) is 96.2 Å². The van der Waals surface area contributed by atoms with E-state index in [2.05, 4.69) is 6.92 Å². The van der Waals surface area contributed by atoms with Crippen molar-refractivity contribution in [3.63, 3.8) is 0 Å². The number of unbranched alkanes of at least 4 members (excludes halogenated alkanes) is 11. The van der Waals surface area contributed by atoms with Crippen LogP contribution < -0.4 is 0 Å². The second-order valence-electron chi connectivity index (χ2n) is 6.60. The zero-order valence-corrected chi connectivity index (χ0v) is 16.2. The molecule has 144 valence electrons. The van der Waals surface area contributed by atoms with Crippen molar-refractivity contribution in [3.8, 4) is 0 Å². The number of rotatable bonds is 18. The van der Waals surface area contributed by atoms with Gasteiger partial charge in [0, 0.05) is 0 Å². The van der Waals surface area contributed by atoms with Gasteiger partial charge in [-0.25, -0.2) is 0 Å². The molecule has 2 unspecified atom stereocenters. The molecular weight excluding hydrogens is 324 g/mol. The van der Waals surface area contributed by atoms with Crippen molar-refractivity contribution in [2.24, 2.45) is 0 Å². The lowest BCUT2D eigenvalue weighted by Crippen LogP contribution is -2.37. The number of carbonyl (C=O) groups excluding carboxylic acids is 1. The van der Waals surface area contributed by atoms with E-state index in [1.54, 1.807) is 0 Å². The number of carbonyl (C=O) groups is 1. The molecule has 24 heavy (non-hydrogen) atoms. The fourth-order valence-electron chi connectivity index (χ4n) is 2.62. The van der Waals surface area contributed by atoms with Crippen LogP contribution in [0.3, 0.4) is 0 Å². The fourth-order valence-corrected chi connectivity index (χ4v) is 3.54. The molecule has 3 N–H and O–H groups in total. The van der Waals surface area contributed by atoms with Crippen molar-refractivity contribution in [1.29, 1.82) is 0 Å². The second-order valence-corrected chi connectivity index (χ2v) is 7.71. The zero-order valence-electron chi connectivity index (χ0n) is 15.4. The first-order valence-electron chi connectivity index (χ1n) is 9.71. The standard InChI is InChI=1S/C19H38O4S/c1-2-3-4-5-6-7-8-9-10-11-12-13-14-24-16-18(22)19(23)17(21)15-20/h17,19-21,23H,2-16H2,1H3. The molecular formula is C19H38O4S. The summed E-state index contributed by atoms with van der Waals surface area (Å²) in [6.07, 6.45) is 13.0. The molecule has 0 aliphatic carbocycles. The Morgan fingerprint density at radius 3 is 1.75 bits per heavy atom. The van der Waals surface area contributed by atoms with Gasteiger partial charge >= 0.3 is 0 Å². The van der Waals surface area contributed by atoms with Crippen molar-refractivity contribution >= 4 is 17.5 Å². The highest BCUT2D eigenvalue weighted by molar-refractivity contribution is 7.99. The minimum absolute atomic E-state index is 0.205. The Hall–Kier alpha value is -0.100. The van der Waals surface area contributed by atoms with Crippen molar-refractivity contribution in [1.82, 2.24) is 0 Å². The topological polar surface area (TPSA) is 77.8 Å². The van der Waals surface area contributed by atoms with E-state index >= 15 is 0 Å². The van der Waals surface area contributed by atoms with Gasteiger partial charge in [0.05, 0.1) is 12.4 Å². The number of hydrogen-bond donors (Lipinski definition) is 3. The smallest absolute Gasteiger partial charge is 0.173 e. The number of thioether (sulfide) groups is 1. The van der Waals surface area contributed by atoms with Crippen LogP contribution in [0.2, 0.25) is 0 Å². The molecule has 0 aromatic heterocycles. The highest BCUT2D eigenvalue weighted by Crippen LogP contribution is 2.13. The van der Waals surface area contributed by atoms with Crippen LogP contribution in [0.25, 0.3) is 0 Å². The quantitative estimate of drug-likeness (QED) is 0.324. The van der Waals surface area contributed by atoms with Crippen LogP contribution in [-0.2, 0) is 4.79 Å². The van der Waals surface area contributed by atoms with Gasteiger partial charge in [-0.3, -0.25) is 4.79 Å². The summed E-state index contributed by atoms with van der Waals surface area (Å²) < 4.78 is 0. The molecule has 0 bridgehead atoms. The molecule has 0 fully saturated rings. The molecule has 0 amide bonds. The molecule has 0 aromatic carbocycles. The van der Waals surface area contributed by atoms with Gasteiger partial charge < -0.3 is 15.3 Å². The molecule has 0 radical (unpaired) electrons. The number of Topliss-reactive ketones (excluding diaryl/α,β-unsaturated/α-hetero) is 1. The maximum atomic E-state index is 11.5. The predicted octanol–water partition coefficient (Wildman–Crippen LogP) is 3.70. The van der Waals surface area contributed by atoms with Crippen molar-refractivity contribution < 1.29 is 20.1 Å². The highest BCUT2D eigenvalue weighted by atomic mass is 32.2. The molecule has 0 heterocycles. The third-order valence-corrected chi connectivity index (χ3v) is 5.33. The van der Waals surface area contributed by atoms with Crippen LogP contribution in [0.1, 0.15) is 84.0 Å². The average Bonchev–Trinajstić information content (AvgIpc) is 2.60. The Labute approximate surface area is 152 Å². The lowest BCUT2D eigenvalue weighted by molar-refractivity contribution is -0.131. The molecule has 0 rings (SSSR count). The predicted molar refractivity (Wildman–Crippen MR) is 103 cm³/mol. The van der Waals surface area contributed by atoms with Crippen LogP contribution in [0.4, 0.5) is 0 Å². The number of ketones is 1. The van der Waals surface area contributed by atoms with Crippen LogP contribution in [0.15, 0.2) is 0 Å². The molecule has 0 aliphatic rings. The molecule has 0 aliphatic heterocycles. The lowest BCUT2D eigenvalue weighted by Gasteiger charge is -2.13. The van der Waals surface area contributed by atoms with E-state index in [0.717, 1.165) is 12.2 Å². The average molecular weight is 363 g/mol. The largest absolute Gasteiger partial charge is 0.394 e. The van der Waals surface area contributed by atoms with Gasteiger partial charge in [0.1, 0.15) is 12.2 Å². The fraction of sp³-hybridized carbons (Fsp3) is 0.947. The first-order valence-corrected chi connectivity index (χ1v) is 10.9. The molecule has 0 saturated carbocycles. The second kappa shape index (κ2) is 17.7. The minimum Gasteiger partial charge on any atom is -0.394 e. The maximum absolute atomic E-state index is 11.5. The van der Waals surface area contributed by atoms with Crippen LogP contribution >= 0.6 is 11.8 Å². The van der Waals surface area contributed by atoms with E-state index in [-0.39, 0.29) is 5.75 Å². The Morgan fingerprint density at radius 1 is 0.833 bits per heavy atom. The Balaban J connectivity index is 3.24. The Kier molecular flexibility index (Phi) is 17.6. The monoisotopic (exact) mass is 362 g/mol. The van der Waals surface area contributed by atoms with E-state index in [9.17, 15) is 15.0 Å². The summed E-state index contributed by atoms with van der Waals surface area (Å²) in [6.45, 7) is 1.66. The molecule has 2 atom stereocenters. The molecule has 0 aromatic rings. The summed E-state index contributed by atoms with van der Waals surface area (Å²) in [4.78, 5) is 11.5. The molecule has 0 saturated heterocycles. The summed E-state index contributed by atoms with van der Waals surface area (Å²) in [7, 11) is 0. The van der Waals surface area contributed by atoms with Gasteiger partial charge in [-0.1, -0.05) is 77.6 Å².